The summed E-state index contributed by atoms with van der Waals surface area (Å²) in [6.45, 7) is 2.57. The van der Waals surface area contributed by atoms with Gasteiger partial charge in [0.1, 0.15) is 12.1 Å². The predicted molar refractivity (Wildman–Crippen MR) is 89.1 cm³/mol. The molecule has 2 aromatic rings. The minimum Gasteiger partial charge on any atom is -0.497 e. The summed E-state index contributed by atoms with van der Waals surface area (Å²) in [5, 5.41) is 5.49. The van der Waals surface area contributed by atoms with Crippen LogP contribution in [-0.4, -0.2) is 42.0 Å². The second-order valence-corrected chi connectivity index (χ2v) is 4.98. The van der Waals surface area contributed by atoms with E-state index in [0.29, 0.717) is 42.1 Å². The van der Waals surface area contributed by atoms with Crippen molar-refractivity contribution in [3.05, 3.63) is 53.6 Å². The molecule has 7 heteroatoms. The van der Waals surface area contributed by atoms with Gasteiger partial charge in [-0.3, -0.25) is 9.59 Å². The Morgan fingerprint density at radius 2 is 1.75 bits per heavy atom. The molecule has 0 saturated carbocycles. The fourth-order valence-corrected chi connectivity index (χ4v) is 2.12. The van der Waals surface area contributed by atoms with Gasteiger partial charge in [0.15, 0.2) is 0 Å². The van der Waals surface area contributed by atoms with Gasteiger partial charge in [0.25, 0.3) is 11.8 Å². The van der Waals surface area contributed by atoms with Gasteiger partial charge >= 0.3 is 0 Å². The number of benzene rings is 1. The van der Waals surface area contributed by atoms with E-state index < -0.39 is 0 Å². The second kappa shape index (κ2) is 8.61. The Bertz CT molecular complexity index is 701. The Labute approximate surface area is 140 Å². The number of hydrogen-bond donors (Lipinski definition) is 2. The number of rotatable bonds is 7. The van der Waals surface area contributed by atoms with Gasteiger partial charge in [0.2, 0.25) is 0 Å². The normalized spacial score (nSPS) is 10.1. The lowest BCUT2D eigenvalue weighted by atomic mass is 10.2. The van der Waals surface area contributed by atoms with Gasteiger partial charge in [-0.25, -0.2) is 9.97 Å². The topological polar surface area (TPSA) is 93.2 Å². The highest BCUT2D eigenvalue weighted by atomic mass is 16.5. The van der Waals surface area contributed by atoms with E-state index >= 15 is 0 Å². The summed E-state index contributed by atoms with van der Waals surface area (Å²) < 4.78 is 5.05. The smallest absolute Gasteiger partial charge is 0.254 e. The van der Waals surface area contributed by atoms with Gasteiger partial charge in [-0.2, -0.15) is 0 Å². The molecule has 24 heavy (non-hydrogen) atoms. The number of amides is 2. The Hall–Kier alpha value is -2.96. The molecule has 0 aliphatic heterocycles. The number of carbonyl (C=O) groups is 2. The molecular weight excluding hydrogens is 308 g/mol. The molecule has 2 rings (SSSR count). The van der Waals surface area contributed by atoms with E-state index in [0.717, 1.165) is 0 Å². The molecule has 0 fully saturated rings. The zero-order valence-corrected chi connectivity index (χ0v) is 13.7. The highest BCUT2D eigenvalue weighted by Crippen LogP contribution is 2.10. The molecule has 1 aromatic heterocycles. The van der Waals surface area contributed by atoms with Gasteiger partial charge in [0, 0.05) is 24.8 Å². The molecule has 7 nitrogen and oxygen atoms in total. The Balaban J connectivity index is 1.79. The third kappa shape index (κ3) is 4.52. The second-order valence-electron chi connectivity index (χ2n) is 4.98. The van der Waals surface area contributed by atoms with Crippen molar-refractivity contribution in [2.75, 3.05) is 20.2 Å². The SMILES string of the molecule is CCc1ncncc1C(=O)NCCNC(=O)c1ccc(OC)cc1. The predicted octanol–water partition coefficient (Wildman–Crippen LogP) is 1.21. The Kier molecular flexibility index (Phi) is 6.24. The van der Waals surface area contributed by atoms with E-state index in [2.05, 4.69) is 20.6 Å². The van der Waals surface area contributed by atoms with Crippen molar-refractivity contribution in [1.82, 2.24) is 20.6 Å². The fraction of sp³-hybridized carbons (Fsp3) is 0.294. The quantitative estimate of drug-likeness (QED) is 0.745. The van der Waals surface area contributed by atoms with Gasteiger partial charge in [0.05, 0.1) is 18.4 Å². The van der Waals surface area contributed by atoms with Crippen molar-refractivity contribution in [3.8, 4) is 5.75 Å². The van der Waals surface area contributed by atoms with Crippen molar-refractivity contribution < 1.29 is 14.3 Å². The first-order chi connectivity index (χ1) is 11.7. The highest BCUT2D eigenvalue weighted by molar-refractivity contribution is 5.95. The van der Waals surface area contributed by atoms with E-state index in [1.807, 2.05) is 6.92 Å². The summed E-state index contributed by atoms with van der Waals surface area (Å²) in [5.41, 5.74) is 1.69. The molecule has 0 aliphatic rings. The zero-order valence-electron chi connectivity index (χ0n) is 13.7. The van der Waals surface area contributed by atoms with Crippen LogP contribution in [-0.2, 0) is 6.42 Å². The third-order valence-electron chi connectivity index (χ3n) is 3.42. The Morgan fingerprint density at radius 1 is 1.08 bits per heavy atom. The van der Waals surface area contributed by atoms with Crippen LogP contribution in [0.2, 0.25) is 0 Å². The van der Waals surface area contributed by atoms with Crippen molar-refractivity contribution in [3.63, 3.8) is 0 Å². The molecule has 2 N–H and O–H groups in total. The van der Waals surface area contributed by atoms with Crippen LogP contribution in [0.5, 0.6) is 5.75 Å². The molecule has 0 radical (unpaired) electrons. The lowest BCUT2D eigenvalue weighted by Gasteiger charge is -2.09. The van der Waals surface area contributed by atoms with E-state index in [1.165, 1.54) is 12.5 Å². The molecule has 0 bridgehead atoms. The largest absolute Gasteiger partial charge is 0.497 e. The van der Waals surface area contributed by atoms with Crippen LogP contribution in [0.3, 0.4) is 0 Å². The number of nitrogens with zero attached hydrogens (tertiary/aromatic N) is 2. The number of methoxy groups -OCH3 is 1. The first kappa shape index (κ1) is 17.4. The molecule has 2 amide bonds. The summed E-state index contributed by atoms with van der Waals surface area (Å²) in [4.78, 5) is 32.0. The monoisotopic (exact) mass is 328 g/mol. The maximum absolute atomic E-state index is 12.1. The summed E-state index contributed by atoms with van der Waals surface area (Å²) in [6.07, 6.45) is 3.57. The molecule has 0 atom stereocenters. The van der Waals surface area contributed by atoms with Crippen LogP contribution in [0, 0.1) is 0 Å². The molecule has 126 valence electrons. The summed E-state index contributed by atoms with van der Waals surface area (Å²) >= 11 is 0. The number of aromatic nitrogens is 2. The number of aryl methyl sites for hydroxylation is 1. The maximum atomic E-state index is 12.1. The van der Waals surface area contributed by atoms with Crippen LogP contribution in [0.4, 0.5) is 0 Å². The van der Waals surface area contributed by atoms with E-state index in [4.69, 9.17) is 4.74 Å². The lowest BCUT2D eigenvalue weighted by Crippen LogP contribution is -2.35. The highest BCUT2D eigenvalue weighted by Gasteiger charge is 2.11. The van der Waals surface area contributed by atoms with Crippen LogP contribution in [0.15, 0.2) is 36.8 Å². The zero-order chi connectivity index (χ0) is 17.4. The minimum atomic E-state index is -0.244. The third-order valence-corrected chi connectivity index (χ3v) is 3.42. The van der Waals surface area contributed by atoms with Crippen LogP contribution in [0.1, 0.15) is 33.3 Å². The molecule has 1 aromatic carbocycles. The number of nitrogens with one attached hydrogen (secondary N) is 2. The molecule has 0 spiro atoms. The maximum Gasteiger partial charge on any atom is 0.254 e. The first-order valence-corrected chi connectivity index (χ1v) is 7.65. The van der Waals surface area contributed by atoms with Gasteiger partial charge < -0.3 is 15.4 Å². The van der Waals surface area contributed by atoms with Crippen LogP contribution < -0.4 is 15.4 Å². The van der Waals surface area contributed by atoms with Crippen molar-refractivity contribution in [1.29, 1.82) is 0 Å². The molecule has 0 aliphatic carbocycles. The molecular formula is C17H20N4O3. The van der Waals surface area contributed by atoms with Crippen molar-refractivity contribution >= 4 is 11.8 Å². The van der Waals surface area contributed by atoms with Crippen molar-refractivity contribution in [2.45, 2.75) is 13.3 Å². The van der Waals surface area contributed by atoms with Gasteiger partial charge in [-0.15, -0.1) is 0 Å². The standard InChI is InChI=1S/C17H20N4O3/c1-3-15-14(10-18-11-21-15)17(23)20-9-8-19-16(22)12-4-6-13(24-2)7-5-12/h4-7,10-11H,3,8-9H2,1-2H3,(H,19,22)(H,20,23). The average molecular weight is 328 g/mol. The summed E-state index contributed by atoms with van der Waals surface area (Å²) in [5.74, 6) is 0.242. The van der Waals surface area contributed by atoms with Gasteiger partial charge in [-0.1, -0.05) is 6.92 Å². The van der Waals surface area contributed by atoms with E-state index in [9.17, 15) is 9.59 Å². The molecule has 0 unspecified atom stereocenters. The number of ether oxygens (including phenoxy) is 1. The van der Waals surface area contributed by atoms with Gasteiger partial charge in [-0.05, 0) is 30.7 Å². The molecule has 1 heterocycles. The summed E-state index contributed by atoms with van der Waals surface area (Å²) in [6, 6.07) is 6.81. The van der Waals surface area contributed by atoms with Crippen molar-refractivity contribution in [2.24, 2.45) is 0 Å². The Morgan fingerprint density at radius 3 is 2.38 bits per heavy atom. The van der Waals surface area contributed by atoms with E-state index in [-0.39, 0.29) is 11.8 Å². The fourth-order valence-electron chi connectivity index (χ4n) is 2.12. The first-order valence-electron chi connectivity index (χ1n) is 7.65. The lowest BCUT2D eigenvalue weighted by molar-refractivity contribution is 0.0926. The van der Waals surface area contributed by atoms with E-state index in [1.54, 1.807) is 31.4 Å². The van der Waals surface area contributed by atoms with Crippen LogP contribution in [0.25, 0.3) is 0 Å². The number of hydrogen-bond acceptors (Lipinski definition) is 5. The molecule has 0 saturated heterocycles. The van der Waals surface area contributed by atoms with Crippen LogP contribution >= 0.6 is 0 Å². The number of carbonyl (C=O) groups excluding carboxylic acids is 2. The minimum absolute atomic E-state index is 0.204. The summed E-state index contributed by atoms with van der Waals surface area (Å²) in [7, 11) is 1.57. The average Bonchev–Trinajstić information content (AvgIpc) is 2.64.